The summed E-state index contributed by atoms with van der Waals surface area (Å²) < 4.78 is 24.3. The number of amides is 1. The number of Topliss-reactive ketones (excluding diaryl/α,β-unsaturated/α-hetero) is 1. The molecule has 0 spiro atoms. The van der Waals surface area contributed by atoms with E-state index in [0.29, 0.717) is 5.56 Å². The van der Waals surface area contributed by atoms with Crippen LogP contribution >= 0.6 is 0 Å². The lowest BCUT2D eigenvalue weighted by Crippen LogP contribution is -2.41. The maximum absolute atomic E-state index is 12.2. The zero-order valence-electron chi connectivity index (χ0n) is 12.7. The number of aryl methyl sites for hydroxylation is 1. The minimum Gasteiger partial charge on any atom is -0.295 e. The van der Waals surface area contributed by atoms with Crippen molar-refractivity contribution < 1.29 is 18.0 Å². The van der Waals surface area contributed by atoms with Gasteiger partial charge >= 0.3 is 0 Å². The van der Waals surface area contributed by atoms with Gasteiger partial charge < -0.3 is 0 Å². The van der Waals surface area contributed by atoms with E-state index in [1.54, 1.807) is 24.3 Å². The van der Waals surface area contributed by atoms with Crippen LogP contribution in [-0.2, 0) is 10.0 Å². The molecule has 23 heavy (non-hydrogen) atoms. The van der Waals surface area contributed by atoms with Gasteiger partial charge in [0.2, 0.25) is 0 Å². The van der Waals surface area contributed by atoms with Crippen molar-refractivity contribution in [2.75, 3.05) is 0 Å². The number of sulfonamides is 1. The molecule has 6 nitrogen and oxygen atoms in total. The average Bonchev–Trinajstić information content (AvgIpc) is 2.53. The molecule has 0 aliphatic heterocycles. The molecule has 2 aromatic carbocycles. The smallest absolute Gasteiger partial charge is 0.266 e. The van der Waals surface area contributed by atoms with E-state index in [2.05, 4.69) is 5.43 Å². The van der Waals surface area contributed by atoms with E-state index in [9.17, 15) is 18.0 Å². The first-order chi connectivity index (χ1) is 10.8. The van der Waals surface area contributed by atoms with Gasteiger partial charge in [0.1, 0.15) is 0 Å². The van der Waals surface area contributed by atoms with Crippen molar-refractivity contribution in [2.24, 2.45) is 0 Å². The second-order valence-corrected chi connectivity index (χ2v) is 6.69. The van der Waals surface area contributed by atoms with Crippen LogP contribution < -0.4 is 10.3 Å². The lowest BCUT2D eigenvalue weighted by atomic mass is 10.1. The summed E-state index contributed by atoms with van der Waals surface area (Å²) in [5.41, 5.74) is 3.74. The molecule has 0 aromatic heterocycles. The van der Waals surface area contributed by atoms with E-state index >= 15 is 0 Å². The van der Waals surface area contributed by atoms with Crippen LogP contribution in [0.15, 0.2) is 53.4 Å². The third kappa shape index (κ3) is 4.24. The molecule has 0 radical (unpaired) electrons. The minimum atomic E-state index is -3.96. The Morgan fingerprint density at radius 2 is 1.61 bits per heavy atom. The second kappa shape index (κ2) is 6.72. The Bertz CT molecular complexity index is 843. The lowest BCUT2D eigenvalue weighted by Gasteiger charge is -2.09. The van der Waals surface area contributed by atoms with E-state index in [0.717, 1.165) is 5.56 Å². The molecule has 0 bridgehead atoms. The van der Waals surface area contributed by atoms with Gasteiger partial charge in [0, 0.05) is 11.1 Å². The highest BCUT2D eigenvalue weighted by Crippen LogP contribution is 2.11. The van der Waals surface area contributed by atoms with Gasteiger partial charge in [-0.1, -0.05) is 29.8 Å². The highest BCUT2D eigenvalue weighted by Gasteiger charge is 2.16. The highest BCUT2D eigenvalue weighted by molar-refractivity contribution is 7.89. The standard InChI is InChI=1S/C16H16N2O4S/c1-11-6-8-13(9-7-11)16(20)17-18-23(21,22)15-5-3-4-14(10-15)12(2)19/h3-10,18H,1-2H3,(H,17,20). The fourth-order valence-electron chi connectivity index (χ4n) is 1.83. The van der Waals surface area contributed by atoms with Gasteiger partial charge in [-0.25, -0.2) is 8.42 Å². The molecule has 0 heterocycles. The molecule has 0 unspecified atom stereocenters. The Morgan fingerprint density at radius 1 is 0.957 bits per heavy atom. The van der Waals surface area contributed by atoms with Crippen molar-refractivity contribution in [1.29, 1.82) is 0 Å². The summed E-state index contributed by atoms with van der Waals surface area (Å²) in [4.78, 5) is 25.1. The predicted octanol–water partition coefficient (Wildman–Crippen LogP) is 1.82. The number of nitrogens with one attached hydrogen (secondary N) is 2. The number of benzene rings is 2. The molecular weight excluding hydrogens is 316 g/mol. The molecule has 7 heteroatoms. The normalized spacial score (nSPS) is 11.0. The fraction of sp³-hybridized carbons (Fsp3) is 0.125. The molecule has 120 valence electrons. The number of rotatable bonds is 5. The summed E-state index contributed by atoms with van der Waals surface area (Å²) in [6.07, 6.45) is 0. The Balaban J connectivity index is 2.12. The van der Waals surface area contributed by atoms with Gasteiger partial charge in [0.25, 0.3) is 15.9 Å². The predicted molar refractivity (Wildman–Crippen MR) is 85.4 cm³/mol. The first-order valence-electron chi connectivity index (χ1n) is 6.79. The van der Waals surface area contributed by atoms with Gasteiger partial charge in [0.05, 0.1) is 4.90 Å². The van der Waals surface area contributed by atoms with E-state index in [1.165, 1.54) is 31.2 Å². The Kier molecular flexibility index (Phi) is 4.92. The van der Waals surface area contributed by atoms with Gasteiger partial charge in [-0.3, -0.25) is 15.0 Å². The van der Waals surface area contributed by atoms with Gasteiger partial charge in [-0.05, 0) is 38.1 Å². The number of hydrogen-bond donors (Lipinski definition) is 2. The summed E-state index contributed by atoms with van der Waals surface area (Å²) in [6.45, 7) is 3.23. The molecule has 0 aliphatic rings. The summed E-state index contributed by atoms with van der Waals surface area (Å²) in [6, 6.07) is 12.3. The van der Waals surface area contributed by atoms with Gasteiger partial charge in [-0.2, -0.15) is 0 Å². The first-order valence-corrected chi connectivity index (χ1v) is 8.28. The average molecular weight is 332 g/mol. The first kappa shape index (κ1) is 16.9. The lowest BCUT2D eigenvalue weighted by molar-refractivity contribution is 0.0944. The Morgan fingerprint density at radius 3 is 2.22 bits per heavy atom. The summed E-state index contributed by atoms with van der Waals surface area (Å²) >= 11 is 0. The second-order valence-electron chi connectivity index (χ2n) is 5.01. The Labute approximate surface area is 134 Å². The summed E-state index contributed by atoms with van der Waals surface area (Å²) in [5.74, 6) is -0.818. The third-order valence-corrected chi connectivity index (χ3v) is 4.41. The summed E-state index contributed by atoms with van der Waals surface area (Å²) in [5, 5.41) is 0. The maximum Gasteiger partial charge on any atom is 0.266 e. The molecule has 0 atom stereocenters. The zero-order chi connectivity index (χ0) is 17.0. The van der Waals surface area contributed by atoms with E-state index in [-0.39, 0.29) is 16.2 Å². The molecule has 0 fully saturated rings. The van der Waals surface area contributed by atoms with Crippen molar-refractivity contribution in [3.05, 3.63) is 65.2 Å². The summed E-state index contributed by atoms with van der Waals surface area (Å²) in [7, 11) is -3.96. The van der Waals surface area contributed by atoms with Crippen LogP contribution in [0.3, 0.4) is 0 Å². The minimum absolute atomic E-state index is 0.102. The number of carbonyl (C=O) groups is 2. The number of carbonyl (C=O) groups excluding carboxylic acids is 2. The number of hydrazine groups is 1. The van der Waals surface area contributed by atoms with Crippen molar-refractivity contribution in [3.8, 4) is 0 Å². The van der Waals surface area contributed by atoms with Gasteiger partial charge in [-0.15, -0.1) is 4.83 Å². The molecule has 2 aromatic rings. The van der Waals surface area contributed by atoms with Crippen LogP contribution in [0.2, 0.25) is 0 Å². The SMILES string of the molecule is CC(=O)c1cccc(S(=O)(=O)NNC(=O)c2ccc(C)cc2)c1. The van der Waals surface area contributed by atoms with Crippen LogP contribution in [0, 0.1) is 6.92 Å². The van der Waals surface area contributed by atoms with Crippen LogP contribution in [0.5, 0.6) is 0 Å². The molecule has 0 saturated carbocycles. The van der Waals surface area contributed by atoms with E-state index in [1.807, 2.05) is 11.8 Å². The van der Waals surface area contributed by atoms with Crippen LogP contribution in [0.4, 0.5) is 0 Å². The topological polar surface area (TPSA) is 92.3 Å². The monoisotopic (exact) mass is 332 g/mol. The van der Waals surface area contributed by atoms with Gasteiger partial charge in [0.15, 0.2) is 5.78 Å². The van der Waals surface area contributed by atoms with Crippen LogP contribution in [-0.4, -0.2) is 20.1 Å². The van der Waals surface area contributed by atoms with Crippen molar-refractivity contribution in [1.82, 2.24) is 10.3 Å². The molecule has 0 aliphatic carbocycles. The van der Waals surface area contributed by atoms with Crippen LogP contribution in [0.1, 0.15) is 33.2 Å². The highest BCUT2D eigenvalue weighted by atomic mass is 32.2. The number of hydrogen-bond acceptors (Lipinski definition) is 4. The Hall–Kier alpha value is -2.51. The number of ketones is 1. The quantitative estimate of drug-likeness (QED) is 0.645. The molecular formula is C16H16N2O4S. The van der Waals surface area contributed by atoms with E-state index in [4.69, 9.17) is 0 Å². The fourth-order valence-corrected chi connectivity index (χ4v) is 2.72. The third-order valence-electron chi connectivity index (χ3n) is 3.16. The zero-order valence-corrected chi connectivity index (χ0v) is 13.5. The van der Waals surface area contributed by atoms with Crippen molar-refractivity contribution in [2.45, 2.75) is 18.7 Å². The largest absolute Gasteiger partial charge is 0.295 e. The maximum atomic E-state index is 12.2. The molecule has 0 saturated heterocycles. The van der Waals surface area contributed by atoms with Crippen molar-refractivity contribution >= 4 is 21.7 Å². The van der Waals surface area contributed by atoms with E-state index < -0.39 is 15.9 Å². The molecule has 1 amide bonds. The molecule has 2 rings (SSSR count). The molecule has 2 N–H and O–H groups in total. The van der Waals surface area contributed by atoms with Crippen LogP contribution in [0.25, 0.3) is 0 Å². The van der Waals surface area contributed by atoms with Crippen molar-refractivity contribution in [3.63, 3.8) is 0 Å².